The quantitative estimate of drug-likeness (QED) is 0.659. The lowest BCUT2D eigenvalue weighted by Gasteiger charge is -2.35. The lowest BCUT2D eigenvalue weighted by molar-refractivity contribution is 0.102. The van der Waals surface area contributed by atoms with Crippen LogP contribution >= 0.6 is 11.3 Å². The highest BCUT2D eigenvalue weighted by Crippen LogP contribution is 2.44. The van der Waals surface area contributed by atoms with Gasteiger partial charge in [0.05, 0.1) is 11.4 Å². The van der Waals surface area contributed by atoms with E-state index >= 15 is 0 Å². The highest BCUT2D eigenvalue weighted by Gasteiger charge is 2.30. The Kier molecular flexibility index (Phi) is 5.50. The molecule has 1 saturated heterocycles. The number of nitrogens with zero attached hydrogens (tertiary/aromatic N) is 5. The number of aryl methyl sites for hydroxylation is 1. The maximum absolute atomic E-state index is 13.0. The van der Waals surface area contributed by atoms with Crippen LogP contribution in [0.4, 0.5) is 10.1 Å². The number of hydrogen-bond donors (Lipinski definition) is 1. The summed E-state index contributed by atoms with van der Waals surface area (Å²) in [5.41, 5.74) is 3.53. The van der Waals surface area contributed by atoms with Gasteiger partial charge in [-0.25, -0.2) is 4.98 Å². The van der Waals surface area contributed by atoms with Gasteiger partial charge < -0.3 is 9.80 Å². The Labute approximate surface area is 186 Å². The van der Waals surface area contributed by atoms with Crippen LogP contribution in [0.5, 0.6) is 0 Å². The highest BCUT2D eigenvalue weighted by atomic mass is 32.1. The molecule has 0 atom stereocenters. The molecule has 1 saturated carbocycles. The number of anilines is 2. The second-order valence-electron chi connectivity index (χ2n) is 8.49. The van der Waals surface area contributed by atoms with Gasteiger partial charge in [-0.15, -0.1) is 0 Å². The zero-order valence-electron chi connectivity index (χ0n) is 18.0. The summed E-state index contributed by atoms with van der Waals surface area (Å²) in [6, 6.07) is 11.8. The number of nitrogens with one attached hydrogen (secondary N) is 1. The van der Waals surface area contributed by atoms with Gasteiger partial charge in [-0.1, -0.05) is 48.1 Å². The van der Waals surface area contributed by atoms with Crippen molar-refractivity contribution in [2.24, 2.45) is 7.05 Å². The topological polar surface area (TPSA) is 66.3 Å². The van der Waals surface area contributed by atoms with Crippen molar-refractivity contribution in [2.45, 2.75) is 25.2 Å². The van der Waals surface area contributed by atoms with Gasteiger partial charge in [0.2, 0.25) is 0 Å². The zero-order valence-corrected chi connectivity index (χ0v) is 18.9. The van der Waals surface area contributed by atoms with Crippen molar-refractivity contribution in [1.29, 1.82) is 0 Å². The Hall–Kier alpha value is -2.71. The predicted molar refractivity (Wildman–Crippen MR) is 125 cm³/mol. The summed E-state index contributed by atoms with van der Waals surface area (Å²) >= 11 is 1.60. The van der Waals surface area contributed by atoms with E-state index in [4.69, 9.17) is 4.98 Å². The largest absolute Gasteiger partial charge is 0.359 e. The minimum Gasteiger partial charge on any atom is -0.359 e. The van der Waals surface area contributed by atoms with E-state index in [1.54, 1.807) is 16.0 Å². The Morgan fingerprint density at radius 1 is 1.10 bits per heavy atom. The molecule has 3 aromatic rings. The molecule has 0 radical (unpaired) electrons. The zero-order chi connectivity index (χ0) is 21.4. The first-order valence-electron chi connectivity index (χ1n) is 10.9. The molecule has 5 rings (SSSR count). The van der Waals surface area contributed by atoms with E-state index < -0.39 is 0 Å². The maximum Gasteiger partial charge on any atom is 0.277 e. The van der Waals surface area contributed by atoms with Crippen LogP contribution in [-0.4, -0.2) is 58.8 Å². The number of thiazole rings is 1. The van der Waals surface area contributed by atoms with Crippen molar-refractivity contribution in [3.8, 4) is 11.3 Å². The molecule has 3 heterocycles. The van der Waals surface area contributed by atoms with E-state index in [0.29, 0.717) is 16.7 Å². The van der Waals surface area contributed by atoms with Gasteiger partial charge >= 0.3 is 0 Å². The van der Waals surface area contributed by atoms with Crippen LogP contribution < -0.4 is 10.2 Å². The summed E-state index contributed by atoms with van der Waals surface area (Å²) in [6.45, 7) is 4.12. The van der Waals surface area contributed by atoms with E-state index in [-0.39, 0.29) is 5.91 Å². The number of likely N-dealkylation sites (N-methyl/N-ethyl adjacent to an activating group) is 1. The molecule has 1 aliphatic heterocycles. The van der Waals surface area contributed by atoms with Gasteiger partial charge in [0, 0.05) is 39.1 Å². The second-order valence-corrected chi connectivity index (χ2v) is 9.46. The van der Waals surface area contributed by atoms with Gasteiger partial charge in [-0.3, -0.25) is 14.8 Å². The van der Waals surface area contributed by atoms with Crippen molar-refractivity contribution < 1.29 is 4.79 Å². The summed E-state index contributed by atoms with van der Waals surface area (Å²) in [5.74, 6) is 0.313. The number of piperazine rings is 1. The Balaban J connectivity index is 1.37. The molecule has 1 aliphatic carbocycles. The molecule has 0 unspecified atom stereocenters. The van der Waals surface area contributed by atoms with Crippen molar-refractivity contribution >= 4 is 27.4 Å². The van der Waals surface area contributed by atoms with Crippen LogP contribution in [0.25, 0.3) is 11.3 Å². The van der Waals surface area contributed by atoms with Crippen molar-refractivity contribution in [3.63, 3.8) is 0 Å². The fraction of sp³-hybridized carbons (Fsp3) is 0.435. The Bertz CT molecular complexity index is 1060. The molecule has 162 valence electrons. The third kappa shape index (κ3) is 4.09. The van der Waals surface area contributed by atoms with Crippen LogP contribution in [-0.2, 0) is 7.05 Å². The lowest BCUT2D eigenvalue weighted by atomic mass is 9.83. The molecule has 7 nitrogen and oxygen atoms in total. The van der Waals surface area contributed by atoms with E-state index in [0.717, 1.165) is 37.4 Å². The fourth-order valence-electron chi connectivity index (χ4n) is 4.18. The first-order valence-corrected chi connectivity index (χ1v) is 11.7. The summed E-state index contributed by atoms with van der Waals surface area (Å²) in [4.78, 5) is 22.6. The molecule has 1 N–H and O–H groups in total. The van der Waals surface area contributed by atoms with Gasteiger partial charge in [-0.2, -0.15) is 5.10 Å². The van der Waals surface area contributed by atoms with E-state index in [9.17, 15) is 4.79 Å². The van der Waals surface area contributed by atoms with Crippen LogP contribution in [0.1, 0.15) is 41.4 Å². The summed E-state index contributed by atoms with van der Waals surface area (Å²) < 4.78 is 1.75. The molecule has 31 heavy (non-hydrogen) atoms. The molecule has 2 aliphatic rings. The Morgan fingerprint density at radius 3 is 2.52 bits per heavy atom. The van der Waals surface area contributed by atoms with Gasteiger partial charge in [0.1, 0.15) is 5.00 Å². The number of amides is 1. The number of rotatable bonds is 5. The van der Waals surface area contributed by atoms with Crippen LogP contribution in [0.3, 0.4) is 0 Å². The number of aromatic nitrogens is 3. The SMILES string of the molecule is CN1CCN(c2sc(NC(=O)c3cc(-c4ccccc4)n(C)n3)nc2C2CCC2)CC1. The highest BCUT2D eigenvalue weighted by molar-refractivity contribution is 7.19. The van der Waals surface area contributed by atoms with Crippen LogP contribution in [0.2, 0.25) is 0 Å². The van der Waals surface area contributed by atoms with E-state index in [2.05, 4.69) is 27.3 Å². The van der Waals surface area contributed by atoms with Gasteiger partial charge in [-0.05, 0) is 31.5 Å². The van der Waals surface area contributed by atoms with E-state index in [1.165, 1.54) is 30.0 Å². The molecular weight excluding hydrogens is 408 g/mol. The normalized spacial score (nSPS) is 17.5. The number of benzene rings is 1. The summed E-state index contributed by atoms with van der Waals surface area (Å²) in [6.07, 6.45) is 3.65. The van der Waals surface area contributed by atoms with Gasteiger partial charge in [0.15, 0.2) is 10.8 Å². The molecular formula is C23H28N6OS. The lowest BCUT2D eigenvalue weighted by Crippen LogP contribution is -2.44. The average molecular weight is 437 g/mol. The fourth-order valence-corrected chi connectivity index (χ4v) is 5.28. The Morgan fingerprint density at radius 2 is 1.84 bits per heavy atom. The molecule has 2 fully saturated rings. The smallest absolute Gasteiger partial charge is 0.277 e. The first-order chi connectivity index (χ1) is 15.1. The second kappa shape index (κ2) is 8.43. The molecule has 0 spiro atoms. The van der Waals surface area contributed by atoms with Gasteiger partial charge in [0.25, 0.3) is 5.91 Å². The summed E-state index contributed by atoms with van der Waals surface area (Å²) in [7, 11) is 4.03. The number of carbonyl (C=O) groups is 1. The summed E-state index contributed by atoms with van der Waals surface area (Å²) in [5, 5.41) is 9.37. The van der Waals surface area contributed by atoms with Crippen molar-refractivity contribution in [3.05, 3.63) is 47.8 Å². The third-order valence-electron chi connectivity index (χ3n) is 6.32. The standard InChI is InChI=1S/C23H28N6OS/c1-27-11-13-29(14-12-27)22-20(17-9-6-10-17)24-23(31-22)25-21(30)18-15-19(28(2)26-18)16-7-4-3-5-8-16/h3-5,7-8,15,17H,6,9-14H2,1-2H3,(H,24,25,30). The number of carbonyl (C=O) groups excluding carboxylic acids is 1. The van der Waals surface area contributed by atoms with Crippen molar-refractivity contribution in [1.82, 2.24) is 19.7 Å². The maximum atomic E-state index is 13.0. The molecule has 8 heteroatoms. The first kappa shape index (κ1) is 20.2. The molecule has 2 aromatic heterocycles. The van der Waals surface area contributed by atoms with Crippen LogP contribution in [0.15, 0.2) is 36.4 Å². The molecule has 1 aromatic carbocycles. The van der Waals surface area contributed by atoms with E-state index in [1.807, 2.05) is 43.4 Å². The van der Waals surface area contributed by atoms with Crippen LogP contribution in [0, 0.1) is 0 Å². The minimum absolute atomic E-state index is 0.211. The molecule has 0 bridgehead atoms. The predicted octanol–water partition coefficient (Wildman–Crippen LogP) is 3.82. The monoisotopic (exact) mass is 436 g/mol. The van der Waals surface area contributed by atoms with Crippen molar-refractivity contribution in [2.75, 3.05) is 43.4 Å². The molecule has 1 amide bonds. The minimum atomic E-state index is -0.211. The third-order valence-corrected chi connectivity index (χ3v) is 7.37. The average Bonchev–Trinajstić information content (AvgIpc) is 3.32. The number of hydrogen-bond acceptors (Lipinski definition) is 6.